The molecule has 0 saturated carbocycles. The molecule has 6 heteroatoms. The molecule has 0 aliphatic carbocycles. The van der Waals surface area contributed by atoms with Gasteiger partial charge in [-0.3, -0.25) is 0 Å². The van der Waals surface area contributed by atoms with E-state index in [1.807, 2.05) is 65.6 Å². The molecule has 1 unspecified atom stereocenters. The number of carbonyl (C=O) groups excluding carboxylic acids is 1. The van der Waals surface area contributed by atoms with E-state index in [-0.39, 0.29) is 11.9 Å². The number of urea groups is 1. The molecule has 2 aromatic carbocycles. The zero-order valence-corrected chi connectivity index (χ0v) is 14.3. The number of aromatic nitrogens is 2. The molecule has 0 radical (unpaired) electrons. The molecular formula is C20H20N4O2. The molecule has 2 amide bonds. The fourth-order valence-electron chi connectivity index (χ4n) is 3.19. The summed E-state index contributed by atoms with van der Waals surface area (Å²) in [6.07, 6.45) is 1.85. The van der Waals surface area contributed by atoms with Crippen LogP contribution >= 0.6 is 0 Å². The number of nitrogens with one attached hydrogen (secondary N) is 1. The molecule has 2 heterocycles. The molecule has 0 spiro atoms. The first kappa shape index (κ1) is 16.3. The Kier molecular flexibility index (Phi) is 4.64. The van der Waals surface area contributed by atoms with E-state index in [9.17, 15) is 4.79 Å². The van der Waals surface area contributed by atoms with Gasteiger partial charge in [-0.2, -0.15) is 4.98 Å². The fourth-order valence-corrected chi connectivity index (χ4v) is 3.19. The lowest BCUT2D eigenvalue weighted by Crippen LogP contribution is -2.41. The van der Waals surface area contributed by atoms with Crippen LogP contribution in [0.1, 0.15) is 24.7 Å². The molecule has 4 rings (SSSR count). The topological polar surface area (TPSA) is 71.3 Å². The third kappa shape index (κ3) is 3.59. The summed E-state index contributed by atoms with van der Waals surface area (Å²) >= 11 is 0. The van der Waals surface area contributed by atoms with Crippen molar-refractivity contribution in [2.24, 2.45) is 0 Å². The highest BCUT2D eigenvalue weighted by Gasteiger charge is 2.28. The van der Waals surface area contributed by atoms with Crippen molar-refractivity contribution in [1.82, 2.24) is 15.0 Å². The second-order valence-electron chi connectivity index (χ2n) is 6.40. The van der Waals surface area contributed by atoms with Crippen LogP contribution in [-0.2, 0) is 0 Å². The SMILES string of the molecule is O=C(Nc1ccccc1)N1CCCC(c2nc(-c3ccccc3)no2)C1. The Hall–Kier alpha value is -3.15. The van der Waals surface area contributed by atoms with Crippen LogP contribution in [0.25, 0.3) is 11.4 Å². The van der Waals surface area contributed by atoms with Gasteiger partial charge in [-0.1, -0.05) is 53.7 Å². The maximum Gasteiger partial charge on any atom is 0.321 e. The van der Waals surface area contributed by atoms with Gasteiger partial charge < -0.3 is 14.7 Å². The first-order valence-corrected chi connectivity index (χ1v) is 8.79. The predicted molar refractivity (Wildman–Crippen MR) is 98.7 cm³/mol. The third-order valence-electron chi connectivity index (χ3n) is 4.56. The standard InChI is InChI=1S/C20H20N4O2/c25-20(21-17-11-5-2-6-12-17)24-13-7-10-16(14-24)19-22-18(23-26-19)15-8-3-1-4-9-15/h1-6,8-9,11-12,16H,7,10,13-14H2,(H,21,25). The lowest BCUT2D eigenvalue weighted by atomic mass is 9.98. The van der Waals surface area contributed by atoms with Crippen molar-refractivity contribution >= 4 is 11.7 Å². The van der Waals surface area contributed by atoms with Gasteiger partial charge in [0.05, 0.1) is 5.92 Å². The Labute approximate surface area is 151 Å². The number of nitrogens with zero attached hydrogens (tertiary/aromatic N) is 3. The highest BCUT2D eigenvalue weighted by molar-refractivity contribution is 5.89. The zero-order valence-electron chi connectivity index (χ0n) is 14.3. The molecule has 26 heavy (non-hydrogen) atoms. The lowest BCUT2D eigenvalue weighted by molar-refractivity contribution is 0.184. The average molecular weight is 348 g/mol. The second kappa shape index (κ2) is 7.39. The van der Waals surface area contributed by atoms with E-state index in [4.69, 9.17) is 4.52 Å². The third-order valence-corrected chi connectivity index (χ3v) is 4.56. The quantitative estimate of drug-likeness (QED) is 0.772. The van der Waals surface area contributed by atoms with Crippen molar-refractivity contribution < 1.29 is 9.32 Å². The van der Waals surface area contributed by atoms with Crippen molar-refractivity contribution in [2.75, 3.05) is 18.4 Å². The molecule has 1 atom stereocenters. The van der Waals surface area contributed by atoms with Gasteiger partial charge in [0, 0.05) is 24.3 Å². The smallest absolute Gasteiger partial charge is 0.321 e. The van der Waals surface area contributed by atoms with Crippen LogP contribution in [0.3, 0.4) is 0 Å². The first-order chi connectivity index (χ1) is 12.8. The number of para-hydroxylation sites is 1. The van der Waals surface area contributed by atoms with E-state index >= 15 is 0 Å². The summed E-state index contributed by atoms with van der Waals surface area (Å²) in [5.74, 6) is 1.25. The van der Waals surface area contributed by atoms with E-state index in [1.54, 1.807) is 0 Å². The number of piperidine rings is 1. The molecule has 6 nitrogen and oxygen atoms in total. The van der Waals surface area contributed by atoms with Crippen LogP contribution in [0.2, 0.25) is 0 Å². The molecule has 1 saturated heterocycles. The molecule has 1 fully saturated rings. The van der Waals surface area contributed by atoms with E-state index in [0.717, 1.165) is 30.6 Å². The molecule has 1 N–H and O–H groups in total. The van der Waals surface area contributed by atoms with Gasteiger partial charge in [-0.05, 0) is 25.0 Å². The second-order valence-corrected chi connectivity index (χ2v) is 6.40. The van der Waals surface area contributed by atoms with Gasteiger partial charge in [-0.25, -0.2) is 4.79 Å². The molecule has 3 aromatic rings. The van der Waals surface area contributed by atoms with Crippen LogP contribution in [-0.4, -0.2) is 34.2 Å². The fraction of sp³-hybridized carbons (Fsp3) is 0.250. The Morgan fingerprint density at radius 1 is 1.08 bits per heavy atom. The van der Waals surface area contributed by atoms with Gasteiger partial charge in [0.2, 0.25) is 11.7 Å². The van der Waals surface area contributed by atoms with Crippen LogP contribution in [0.4, 0.5) is 10.5 Å². The summed E-state index contributed by atoms with van der Waals surface area (Å²) in [5.41, 5.74) is 1.72. The van der Waals surface area contributed by atoms with E-state index in [2.05, 4.69) is 15.5 Å². The molecular weight excluding hydrogens is 328 g/mol. The average Bonchev–Trinajstić information content (AvgIpc) is 3.20. The van der Waals surface area contributed by atoms with E-state index in [1.165, 1.54) is 0 Å². The Bertz CT molecular complexity index is 864. The van der Waals surface area contributed by atoms with E-state index in [0.29, 0.717) is 18.3 Å². The van der Waals surface area contributed by atoms with Gasteiger partial charge in [0.1, 0.15) is 0 Å². The van der Waals surface area contributed by atoms with Gasteiger partial charge in [0.15, 0.2) is 0 Å². The normalized spacial score (nSPS) is 17.1. The summed E-state index contributed by atoms with van der Waals surface area (Å²) in [5, 5.41) is 7.03. The minimum absolute atomic E-state index is 0.0650. The largest absolute Gasteiger partial charge is 0.339 e. The number of anilines is 1. The molecule has 1 aliphatic heterocycles. The summed E-state index contributed by atoms with van der Waals surface area (Å²) in [6, 6.07) is 19.1. The Morgan fingerprint density at radius 3 is 2.58 bits per heavy atom. The summed E-state index contributed by atoms with van der Waals surface area (Å²) in [4.78, 5) is 18.9. The van der Waals surface area contributed by atoms with Crippen molar-refractivity contribution in [3.63, 3.8) is 0 Å². The molecule has 132 valence electrons. The number of likely N-dealkylation sites (tertiary alicyclic amines) is 1. The predicted octanol–water partition coefficient (Wildman–Crippen LogP) is 4.15. The van der Waals surface area contributed by atoms with Crippen molar-refractivity contribution in [3.05, 3.63) is 66.6 Å². The minimum atomic E-state index is -0.0938. The van der Waals surface area contributed by atoms with E-state index < -0.39 is 0 Å². The van der Waals surface area contributed by atoms with Crippen molar-refractivity contribution in [2.45, 2.75) is 18.8 Å². The highest BCUT2D eigenvalue weighted by atomic mass is 16.5. The summed E-state index contributed by atoms with van der Waals surface area (Å²) in [6.45, 7) is 1.31. The number of hydrogen-bond donors (Lipinski definition) is 1. The molecule has 1 aliphatic rings. The maximum atomic E-state index is 12.5. The Balaban J connectivity index is 1.44. The number of carbonyl (C=O) groups is 1. The van der Waals surface area contributed by atoms with Crippen molar-refractivity contribution in [1.29, 1.82) is 0 Å². The number of hydrogen-bond acceptors (Lipinski definition) is 4. The minimum Gasteiger partial charge on any atom is -0.339 e. The highest BCUT2D eigenvalue weighted by Crippen LogP contribution is 2.28. The van der Waals surface area contributed by atoms with Gasteiger partial charge in [0.25, 0.3) is 0 Å². The Morgan fingerprint density at radius 2 is 1.81 bits per heavy atom. The summed E-state index contributed by atoms with van der Waals surface area (Å²) < 4.78 is 5.49. The summed E-state index contributed by atoms with van der Waals surface area (Å²) in [7, 11) is 0. The number of rotatable bonds is 3. The first-order valence-electron chi connectivity index (χ1n) is 8.79. The van der Waals surface area contributed by atoms with Crippen LogP contribution in [0, 0.1) is 0 Å². The van der Waals surface area contributed by atoms with Gasteiger partial charge in [-0.15, -0.1) is 0 Å². The molecule has 0 bridgehead atoms. The van der Waals surface area contributed by atoms with Crippen LogP contribution in [0.15, 0.2) is 65.2 Å². The lowest BCUT2D eigenvalue weighted by Gasteiger charge is -2.31. The van der Waals surface area contributed by atoms with Crippen LogP contribution in [0.5, 0.6) is 0 Å². The van der Waals surface area contributed by atoms with Crippen molar-refractivity contribution in [3.8, 4) is 11.4 Å². The van der Waals surface area contributed by atoms with Gasteiger partial charge >= 0.3 is 6.03 Å². The number of benzene rings is 2. The maximum absolute atomic E-state index is 12.5. The zero-order chi connectivity index (χ0) is 17.8. The molecule has 1 aromatic heterocycles. The number of amides is 2. The monoisotopic (exact) mass is 348 g/mol. The van der Waals surface area contributed by atoms with Crippen LogP contribution < -0.4 is 5.32 Å².